The summed E-state index contributed by atoms with van der Waals surface area (Å²) in [6.45, 7) is 2.25. The molecule has 1 aliphatic rings. The fourth-order valence-corrected chi connectivity index (χ4v) is 3.01. The zero-order valence-corrected chi connectivity index (χ0v) is 10.9. The fourth-order valence-electron chi connectivity index (χ4n) is 2.77. The average molecular weight is 256 g/mol. The summed E-state index contributed by atoms with van der Waals surface area (Å²) in [6, 6.07) is 4.83. The van der Waals surface area contributed by atoms with E-state index >= 15 is 0 Å². The topological polar surface area (TPSA) is 26.0 Å². The molecule has 1 fully saturated rings. The molecular weight excluding hydrogens is 237 g/mol. The van der Waals surface area contributed by atoms with Crippen LogP contribution in [0.25, 0.3) is 0 Å². The molecule has 1 aliphatic carbocycles. The van der Waals surface area contributed by atoms with Crippen LogP contribution in [0.4, 0.5) is 4.39 Å². The number of rotatable bonds is 3. The van der Waals surface area contributed by atoms with Crippen molar-refractivity contribution in [3.63, 3.8) is 0 Å². The molecule has 0 spiro atoms. The Bertz CT molecular complexity index is 374. The SMILES string of the molecule is CC1CCC(C(N)Cc2c(F)cccc2Cl)C1. The first-order chi connectivity index (χ1) is 8.08. The smallest absolute Gasteiger partial charge is 0.127 e. The molecule has 0 aromatic heterocycles. The Morgan fingerprint density at radius 3 is 2.82 bits per heavy atom. The molecule has 3 atom stereocenters. The second-order valence-corrected chi connectivity index (χ2v) is 5.65. The molecule has 0 amide bonds. The number of hydrogen-bond acceptors (Lipinski definition) is 1. The van der Waals surface area contributed by atoms with Crippen LogP contribution in [-0.4, -0.2) is 6.04 Å². The van der Waals surface area contributed by atoms with Gasteiger partial charge in [-0.15, -0.1) is 0 Å². The van der Waals surface area contributed by atoms with E-state index in [2.05, 4.69) is 6.92 Å². The second-order valence-electron chi connectivity index (χ2n) is 5.25. The minimum Gasteiger partial charge on any atom is -0.327 e. The Morgan fingerprint density at radius 2 is 2.24 bits per heavy atom. The minimum atomic E-state index is -0.237. The van der Waals surface area contributed by atoms with Gasteiger partial charge in [0.05, 0.1) is 0 Å². The third-order valence-electron chi connectivity index (χ3n) is 3.84. The molecule has 1 saturated carbocycles. The number of halogens is 2. The normalized spacial score (nSPS) is 26.1. The Labute approximate surface area is 107 Å². The zero-order chi connectivity index (χ0) is 12.4. The van der Waals surface area contributed by atoms with E-state index in [1.807, 2.05) is 0 Å². The van der Waals surface area contributed by atoms with Crippen molar-refractivity contribution >= 4 is 11.6 Å². The first-order valence-electron chi connectivity index (χ1n) is 6.26. The Kier molecular flexibility index (Phi) is 4.05. The maximum absolute atomic E-state index is 13.6. The van der Waals surface area contributed by atoms with E-state index in [1.165, 1.54) is 12.5 Å². The van der Waals surface area contributed by atoms with Crippen molar-refractivity contribution in [3.05, 3.63) is 34.6 Å². The van der Waals surface area contributed by atoms with Gasteiger partial charge < -0.3 is 5.73 Å². The van der Waals surface area contributed by atoms with Gasteiger partial charge in [0.1, 0.15) is 5.82 Å². The molecule has 3 unspecified atom stereocenters. The Morgan fingerprint density at radius 1 is 1.47 bits per heavy atom. The summed E-state index contributed by atoms with van der Waals surface area (Å²) >= 11 is 6.01. The van der Waals surface area contributed by atoms with Crippen molar-refractivity contribution in [1.29, 1.82) is 0 Å². The van der Waals surface area contributed by atoms with Gasteiger partial charge >= 0.3 is 0 Å². The molecule has 0 heterocycles. The minimum absolute atomic E-state index is 0.0225. The largest absolute Gasteiger partial charge is 0.327 e. The molecule has 2 N–H and O–H groups in total. The number of hydrogen-bond donors (Lipinski definition) is 1. The van der Waals surface area contributed by atoms with Gasteiger partial charge in [-0.2, -0.15) is 0 Å². The van der Waals surface area contributed by atoms with Crippen molar-refractivity contribution in [2.45, 2.75) is 38.6 Å². The molecule has 1 nitrogen and oxygen atoms in total. The van der Waals surface area contributed by atoms with Gasteiger partial charge in [0, 0.05) is 16.6 Å². The lowest BCUT2D eigenvalue weighted by molar-refractivity contribution is 0.411. The van der Waals surface area contributed by atoms with E-state index < -0.39 is 0 Å². The van der Waals surface area contributed by atoms with Crippen LogP contribution in [0.1, 0.15) is 31.7 Å². The highest BCUT2D eigenvalue weighted by Crippen LogP contribution is 2.33. The lowest BCUT2D eigenvalue weighted by Crippen LogP contribution is -2.31. The maximum Gasteiger partial charge on any atom is 0.127 e. The summed E-state index contributed by atoms with van der Waals surface area (Å²) in [6.07, 6.45) is 4.11. The van der Waals surface area contributed by atoms with Crippen LogP contribution < -0.4 is 5.73 Å². The second kappa shape index (κ2) is 5.36. The van der Waals surface area contributed by atoms with Crippen molar-refractivity contribution in [2.24, 2.45) is 17.6 Å². The Hall–Kier alpha value is -0.600. The highest BCUT2D eigenvalue weighted by atomic mass is 35.5. The molecule has 0 radical (unpaired) electrons. The molecule has 3 heteroatoms. The van der Waals surface area contributed by atoms with E-state index in [9.17, 15) is 4.39 Å². The molecule has 94 valence electrons. The lowest BCUT2D eigenvalue weighted by atomic mass is 9.92. The van der Waals surface area contributed by atoms with Crippen molar-refractivity contribution in [1.82, 2.24) is 0 Å². The van der Waals surface area contributed by atoms with Crippen LogP contribution in [0.15, 0.2) is 18.2 Å². The van der Waals surface area contributed by atoms with E-state index in [1.54, 1.807) is 12.1 Å². The highest BCUT2D eigenvalue weighted by molar-refractivity contribution is 6.31. The van der Waals surface area contributed by atoms with E-state index in [0.29, 0.717) is 22.9 Å². The van der Waals surface area contributed by atoms with Crippen molar-refractivity contribution < 1.29 is 4.39 Å². The zero-order valence-electron chi connectivity index (χ0n) is 10.1. The van der Waals surface area contributed by atoms with Crippen LogP contribution in [-0.2, 0) is 6.42 Å². The van der Waals surface area contributed by atoms with Crippen LogP contribution in [0.2, 0.25) is 5.02 Å². The molecule has 0 aliphatic heterocycles. The summed E-state index contributed by atoms with van der Waals surface area (Å²) in [5.41, 5.74) is 6.76. The average Bonchev–Trinajstić information content (AvgIpc) is 2.70. The third-order valence-corrected chi connectivity index (χ3v) is 4.20. The van der Waals surface area contributed by atoms with Crippen LogP contribution in [0.3, 0.4) is 0 Å². The van der Waals surface area contributed by atoms with Gasteiger partial charge in [-0.3, -0.25) is 0 Å². The van der Waals surface area contributed by atoms with Gasteiger partial charge in [0.25, 0.3) is 0 Å². The lowest BCUT2D eigenvalue weighted by Gasteiger charge is -2.20. The van der Waals surface area contributed by atoms with Gasteiger partial charge in [-0.05, 0) is 43.2 Å². The van der Waals surface area contributed by atoms with E-state index in [0.717, 1.165) is 18.8 Å². The first-order valence-corrected chi connectivity index (χ1v) is 6.64. The molecule has 2 rings (SSSR count). The van der Waals surface area contributed by atoms with Crippen LogP contribution >= 0.6 is 11.6 Å². The van der Waals surface area contributed by atoms with Gasteiger partial charge in [-0.25, -0.2) is 4.39 Å². The van der Waals surface area contributed by atoms with Crippen molar-refractivity contribution in [3.8, 4) is 0 Å². The highest BCUT2D eigenvalue weighted by Gasteiger charge is 2.27. The summed E-state index contributed by atoms with van der Waals surface area (Å²) in [4.78, 5) is 0. The van der Waals surface area contributed by atoms with Crippen molar-refractivity contribution in [2.75, 3.05) is 0 Å². The molecule has 1 aromatic carbocycles. The predicted molar refractivity (Wildman–Crippen MR) is 69.6 cm³/mol. The van der Waals surface area contributed by atoms with E-state index in [4.69, 9.17) is 17.3 Å². The number of benzene rings is 1. The van der Waals surface area contributed by atoms with Crippen LogP contribution in [0.5, 0.6) is 0 Å². The molecule has 0 bridgehead atoms. The summed E-state index contributed by atoms with van der Waals surface area (Å²) < 4.78 is 13.6. The molecule has 1 aromatic rings. The standard InChI is InChI=1S/C14H19ClFN/c1-9-5-6-10(7-9)14(17)8-11-12(15)3-2-4-13(11)16/h2-4,9-10,14H,5-8,17H2,1H3. The first kappa shape index (κ1) is 12.8. The van der Waals surface area contributed by atoms with Gasteiger partial charge in [-0.1, -0.05) is 31.0 Å². The maximum atomic E-state index is 13.6. The Balaban J connectivity index is 2.05. The van der Waals surface area contributed by atoms with E-state index in [-0.39, 0.29) is 11.9 Å². The molecule has 17 heavy (non-hydrogen) atoms. The number of nitrogens with two attached hydrogens (primary N) is 1. The molecular formula is C14H19ClFN. The van der Waals surface area contributed by atoms with Crippen LogP contribution in [0, 0.1) is 17.7 Å². The third kappa shape index (κ3) is 2.99. The fraction of sp³-hybridized carbons (Fsp3) is 0.571. The monoisotopic (exact) mass is 255 g/mol. The summed E-state index contributed by atoms with van der Waals surface area (Å²) in [5.74, 6) is 1.03. The quantitative estimate of drug-likeness (QED) is 0.874. The molecule has 0 saturated heterocycles. The predicted octanol–water partition coefficient (Wildman–Crippen LogP) is 3.79. The summed E-state index contributed by atoms with van der Waals surface area (Å²) in [7, 11) is 0. The van der Waals surface area contributed by atoms with Gasteiger partial charge in [0.2, 0.25) is 0 Å². The summed E-state index contributed by atoms with van der Waals surface area (Å²) in [5, 5.41) is 0.492. The van der Waals surface area contributed by atoms with Gasteiger partial charge in [0.15, 0.2) is 0 Å².